The van der Waals surface area contributed by atoms with E-state index < -0.39 is 0 Å². The number of unbranched alkanes of at least 4 members (excludes halogenated alkanes) is 1. The van der Waals surface area contributed by atoms with Gasteiger partial charge in [-0.1, -0.05) is 110 Å². The second kappa shape index (κ2) is 27.9. The van der Waals surface area contributed by atoms with Crippen molar-refractivity contribution < 1.29 is 18.9 Å². The number of allylic oxidation sites excluding steroid dienone is 9. The molecule has 0 spiro atoms. The molecular weight excluding hydrogens is 679 g/mol. The Labute approximate surface area is 327 Å². The molecule has 8 heteroatoms. The molecule has 296 valence electrons. The van der Waals surface area contributed by atoms with Crippen molar-refractivity contribution in [3.8, 4) is 11.4 Å². The molecule has 53 heavy (non-hydrogen) atoms. The lowest BCUT2D eigenvalue weighted by molar-refractivity contribution is 0.0253. The highest BCUT2D eigenvalue weighted by Gasteiger charge is 2.21. The van der Waals surface area contributed by atoms with Crippen molar-refractivity contribution in [2.24, 2.45) is 5.92 Å². The molecule has 1 aromatic carbocycles. The van der Waals surface area contributed by atoms with Gasteiger partial charge in [0, 0.05) is 38.0 Å². The van der Waals surface area contributed by atoms with Gasteiger partial charge < -0.3 is 23.5 Å². The predicted molar refractivity (Wildman–Crippen MR) is 229 cm³/mol. The van der Waals surface area contributed by atoms with Crippen LogP contribution in [-0.2, 0) is 32.0 Å². The minimum absolute atomic E-state index is 0.302. The maximum atomic E-state index is 5.69. The van der Waals surface area contributed by atoms with Crippen LogP contribution in [0.2, 0.25) is 0 Å². The van der Waals surface area contributed by atoms with E-state index in [0.717, 1.165) is 86.1 Å². The van der Waals surface area contributed by atoms with E-state index in [-0.39, 0.29) is 0 Å². The van der Waals surface area contributed by atoms with Gasteiger partial charge in [0.05, 0.1) is 23.4 Å². The average Bonchev–Trinajstić information content (AvgIpc) is 3.77. The van der Waals surface area contributed by atoms with Crippen molar-refractivity contribution in [1.29, 1.82) is 0 Å². The Bertz CT molecular complexity index is 1490. The maximum absolute atomic E-state index is 5.69. The highest BCUT2D eigenvalue weighted by molar-refractivity contribution is 8.02. The van der Waals surface area contributed by atoms with E-state index in [1.54, 1.807) is 6.26 Å². The van der Waals surface area contributed by atoms with Crippen molar-refractivity contribution in [2.75, 3.05) is 33.4 Å². The van der Waals surface area contributed by atoms with Crippen LogP contribution in [0.5, 0.6) is 0 Å². The predicted octanol–water partition coefficient (Wildman–Crippen LogP) is 12.9. The van der Waals surface area contributed by atoms with Gasteiger partial charge in [-0.05, 0) is 81.5 Å². The van der Waals surface area contributed by atoms with E-state index in [4.69, 9.17) is 23.9 Å². The van der Waals surface area contributed by atoms with E-state index in [0.29, 0.717) is 19.5 Å². The number of imidazole rings is 1. The molecule has 0 radical (unpaired) electrons. The van der Waals surface area contributed by atoms with Crippen molar-refractivity contribution in [3.05, 3.63) is 106 Å². The second-order valence-corrected chi connectivity index (χ2v) is 13.9. The molecule has 0 fully saturated rings. The number of hydrogen-bond donors (Lipinski definition) is 0. The molecule has 0 N–H and O–H groups in total. The zero-order chi connectivity index (χ0) is 39.6. The van der Waals surface area contributed by atoms with Crippen molar-refractivity contribution in [2.45, 2.75) is 121 Å². The Hall–Kier alpha value is -3.62. The van der Waals surface area contributed by atoms with Crippen LogP contribution in [0.1, 0.15) is 120 Å². The molecule has 0 amide bonds. The van der Waals surface area contributed by atoms with Gasteiger partial charge in [-0.3, -0.25) is 4.90 Å². The van der Waals surface area contributed by atoms with E-state index in [1.165, 1.54) is 21.7 Å². The molecule has 3 rings (SSSR count). The molecule has 1 aliphatic heterocycles. The fourth-order valence-electron chi connectivity index (χ4n) is 5.43. The summed E-state index contributed by atoms with van der Waals surface area (Å²) < 4.78 is 24.2. The molecule has 0 saturated heterocycles. The molecular formula is C45H71N3O4S. The third-order valence-electron chi connectivity index (χ3n) is 8.25. The first-order valence-electron chi connectivity index (χ1n) is 19.6. The SMILES string of the molecule is C/C=C(\CC)OCO/C=C/C(C)C.CC.CCCCn1c(-c2ccccc2)nc(/C(C)=C/C=C(\CC)SC)c1CN(C)C/C(C)=C/C1=C(CC)OCO1. The third kappa shape index (κ3) is 17.4. The minimum Gasteiger partial charge on any atom is -0.465 e. The summed E-state index contributed by atoms with van der Waals surface area (Å²) in [5.74, 6) is 4.34. The summed E-state index contributed by atoms with van der Waals surface area (Å²) in [5, 5.41) is 0. The van der Waals surface area contributed by atoms with Crippen LogP contribution in [0.15, 0.2) is 94.7 Å². The zero-order valence-corrected chi connectivity index (χ0v) is 36.2. The number of ether oxygens (including phenoxy) is 4. The molecule has 2 heterocycles. The summed E-state index contributed by atoms with van der Waals surface area (Å²) in [6, 6.07) is 10.6. The average molecular weight is 750 g/mol. The van der Waals surface area contributed by atoms with E-state index in [2.05, 4.69) is 127 Å². The quantitative estimate of drug-likeness (QED) is 0.0578. The molecule has 0 bridgehead atoms. The van der Waals surface area contributed by atoms with E-state index >= 15 is 0 Å². The van der Waals surface area contributed by atoms with Crippen LogP contribution in [0.25, 0.3) is 17.0 Å². The largest absolute Gasteiger partial charge is 0.465 e. The molecule has 2 aromatic rings. The normalized spacial score (nSPS) is 13.9. The first-order valence-corrected chi connectivity index (χ1v) is 20.8. The van der Waals surface area contributed by atoms with Crippen LogP contribution in [0, 0.1) is 5.92 Å². The third-order valence-corrected chi connectivity index (χ3v) is 9.19. The summed E-state index contributed by atoms with van der Waals surface area (Å²) in [6.45, 7) is 26.3. The van der Waals surface area contributed by atoms with Crippen molar-refractivity contribution >= 4 is 17.3 Å². The number of hydrogen-bond acceptors (Lipinski definition) is 7. The minimum atomic E-state index is 0.302. The van der Waals surface area contributed by atoms with Crippen LogP contribution < -0.4 is 0 Å². The zero-order valence-electron chi connectivity index (χ0n) is 35.4. The van der Waals surface area contributed by atoms with Gasteiger partial charge in [-0.2, -0.15) is 0 Å². The van der Waals surface area contributed by atoms with Crippen molar-refractivity contribution in [1.82, 2.24) is 14.5 Å². The lowest BCUT2D eigenvalue weighted by Crippen LogP contribution is -2.23. The molecule has 0 unspecified atom stereocenters. The van der Waals surface area contributed by atoms with E-state index in [9.17, 15) is 0 Å². The smallest absolute Gasteiger partial charge is 0.230 e. The number of aromatic nitrogens is 2. The van der Waals surface area contributed by atoms with E-state index in [1.807, 2.05) is 44.7 Å². The molecule has 1 aliphatic rings. The number of thioether (sulfide) groups is 1. The molecule has 1 aromatic heterocycles. The first kappa shape index (κ1) is 47.4. The Morgan fingerprint density at radius 1 is 1.04 bits per heavy atom. The number of rotatable bonds is 20. The van der Waals surface area contributed by atoms with Gasteiger partial charge in [0.25, 0.3) is 0 Å². The van der Waals surface area contributed by atoms with Crippen LogP contribution in [-0.4, -0.2) is 47.9 Å². The van der Waals surface area contributed by atoms with Gasteiger partial charge in [-0.25, -0.2) is 4.98 Å². The summed E-state index contributed by atoms with van der Waals surface area (Å²) in [7, 11) is 2.18. The van der Waals surface area contributed by atoms with Crippen LogP contribution in [0.3, 0.4) is 0 Å². The Balaban J connectivity index is 0.000000791. The topological polar surface area (TPSA) is 58.0 Å². The molecule has 7 nitrogen and oxygen atoms in total. The summed E-state index contributed by atoms with van der Waals surface area (Å²) in [6.07, 6.45) is 19.4. The second-order valence-electron chi connectivity index (χ2n) is 13.0. The fourth-order valence-corrected chi connectivity index (χ4v) is 5.92. The maximum Gasteiger partial charge on any atom is 0.230 e. The monoisotopic (exact) mass is 750 g/mol. The van der Waals surface area contributed by atoms with Gasteiger partial charge in [0.2, 0.25) is 13.6 Å². The summed E-state index contributed by atoms with van der Waals surface area (Å²) in [4.78, 5) is 9.01. The number of benzene rings is 1. The first-order chi connectivity index (χ1) is 25.6. The Kier molecular flexibility index (Phi) is 25.0. The van der Waals surface area contributed by atoms with Crippen LogP contribution in [0.4, 0.5) is 0 Å². The number of likely N-dealkylation sites (N-methyl/N-ethyl adjacent to an activating group) is 1. The van der Waals surface area contributed by atoms with Gasteiger partial charge in [-0.15, -0.1) is 11.8 Å². The lowest BCUT2D eigenvalue weighted by atomic mass is 10.1. The fraction of sp³-hybridized carbons (Fsp3) is 0.533. The van der Waals surface area contributed by atoms with Crippen molar-refractivity contribution in [3.63, 3.8) is 0 Å². The highest BCUT2D eigenvalue weighted by atomic mass is 32.2. The standard InChI is InChI=1S/C32H45N3O2S.C11H20O2.C2H6/c1-8-11-19-35-28(22-34(6)21-24(4)20-30-29(10-3)36-23-37-30)31(25(5)17-18-27(9-2)38-7)33-32(35)26-15-13-12-14-16-26;1-5-11(6-2)13-9-12-8-7-10(3)4;1-2/h12-18,20H,8-11,19,21-23H2,1-7H3;5,7-8,10H,6,9H2,1-4H3;1-2H3/b24-20+,25-17+,27-18+;8-7+,11-5+;. The van der Waals surface area contributed by atoms with Gasteiger partial charge in [0.1, 0.15) is 11.6 Å². The molecule has 0 saturated carbocycles. The number of nitrogens with zero attached hydrogens (tertiary/aromatic N) is 3. The van der Waals surface area contributed by atoms with Gasteiger partial charge >= 0.3 is 0 Å². The molecule has 0 atom stereocenters. The highest BCUT2D eigenvalue weighted by Crippen LogP contribution is 2.29. The summed E-state index contributed by atoms with van der Waals surface area (Å²) >= 11 is 1.81. The van der Waals surface area contributed by atoms with Gasteiger partial charge in [0.15, 0.2) is 5.76 Å². The van der Waals surface area contributed by atoms with Crippen LogP contribution >= 0.6 is 11.8 Å². The Morgan fingerprint density at radius 2 is 1.75 bits per heavy atom. The summed E-state index contributed by atoms with van der Waals surface area (Å²) in [5.41, 5.74) is 5.96. The Morgan fingerprint density at radius 3 is 2.34 bits per heavy atom. The molecule has 0 aliphatic carbocycles. The lowest BCUT2D eigenvalue weighted by Gasteiger charge is -2.20.